The third kappa shape index (κ3) is 3.92. The van der Waals surface area contributed by atoms with Crippen LogP contribution in [0.2, 0.25) is 10.0 Å². The Hall–Kier alpha value is -1.67. The molecule has 0 aromatic heterocycles. The molecule has 1 unspecified atom stereocenters. The van der Waals surface area contributed by atoms with Gasteiger partial charge in [-0.05, 0) is 25.1 Å². The fourth-order valence-electron chi connectivity index (χ4n) is 1.22. The van der Waals surface area contributed by atoms with Crippen LogP contribution in [0, 0.1) is 0 Å². The van der Waals surface area contributed by atoms with Crippen molar-refractivity contribution in [1.82, 2.24) is 5.32 Å². The Kier molecular flexibility index (Phi) is 4.95. The zero-order valence-corrected chi connectivity index (χ0v) is 11.9. The van der Waals surface area contributed by atoms with Crippen LogP contribution in [0.1, 0.15) is 6.92 Å². The lowest BCUT2D eigenvalue weighted by molar-refractivity contribution is -0.203. The number of halogens is 5. The summed E-state index contributed by atoms with van der Waals surface area (Å²) in [5, 5.41) is 12.2. The highest BCUT2D eigenvalue weighted by atomic mass is 35.5. The number of rotatable bonds is 3. The van der Waals surface area contributed by atoms with Crippen LogP contribution >= 0.6 is 23.2 Å². The number of amides is 2. The van der Waals surface area contributed by atoms with Crippen LogP contribution in [-0.2, 0) is 4.79 Å². The SMILES string of the molecule is CC(NC(=O)Nc1cc(Cl)ccc1Cl)(C(=O)O)C(F)(F)F. The molecule has 0 aliphatic rings. The molecule has 0 aliphatic heterocycles. The summed E-state index contributed by atoms with van der Waals surface area (Å²) in [4.78, 5) is 22.3. The first-order valence-electron chi connectivity index (χ1n) is 5.31. The van der Waals surface area contributed by atoms with Gasteiger partial charge in [0.15, 0.2) is 0 Å². The van der Waals surface area contributed by atoms with E-state index in [-0.39, 0.29) is 15.7 Å². The van der Waals surface area contributed by atoms with Crippen molar-refractivity contribution in [3.8, 4) is 0 Å². The lowest BCUT2D eigenvalue weighted by Crippen LogP contribution is -2.62. The third-order valence-electron chi connectivity index (χ3n) is 2.53. The van der Waals surface area contributed by atoms with E-state index in [1.54, 1.807) is 0 Å². The standard InChI is InChI=1S/C11H9Cl2F3N2O3/c1-10(8(19)20,11(14,15)16)18-9(21)17-7-4-5(12)2-3-6(7)13/h2-4H,1H3,(H,19,20)(H2,17,18,21). The number of carbonyl (C=O) groups excluding carboxylic acids is 1. The molecule has 0 bridgehead atoms. The Morgan fingerprint density at radius 3 is 2.29 bits per heavy atom. The number of carbonyl (C=O) groups is 2. The zero-order valence-electron chi connectivity index (χ0n) is 10.4. The summed E-state index contributed by atoms with van der Waals surface area (Å²) in [5.74, 6) is -2.25. The van der Waals surface area contributed by atoms with Gasteiger partial charge in [-0.3, -0.25) is 0 Å². The van der Waals surface area contributed by atoms with Gasteiger partial charge in [0.2, 0.25) is 5.54 Å². The van der Waals surface area contributed by atoms with Gasteiger partial charge in [-0.15, -0.1) is 0 Å². The molecule has 2 amide bonds. The second-order valence-corrected chi connectivity index (χ2v) is 4.97. The number of hydrogen-bond acceptors (Lipinski definition) is 2. The number of anilines is 1. The molecule has 0 saturated carbocycles. The lowest BCUT2D eigenvalue weighted by atomic mass is 10.0. The van der Waals surface area contributed by atoms with Gasteiger partial charge >= 0.3 is 18.2 Å². The molecule has 0 radical (unpaired) electrons. The number of benzene rings is 1. The summed E-state index contributed by atoms with van der Waals surface area (Å²) in [5.41, 5.74) is -3.50. The Bertz CT molecular complexity index is 580. The average Bonchev–Trinajstić information content (AvgIpc) is 2.32. The van der Waals surface area contributed by atoms with Crippen LogP contribution in [0.25, 0.3) is 0 Å². The normalized spacial score (nSPS) is 14.2. The van der Waals surface area contributed by atoms with Crippen molar-refractivity contribution in [1.29, 1.82) is 0 Å². The van der Waals surface area contributed by atoms with Crippen LogP contribution in [0.15, 0.2) is 18.2 Å². The van der Waals surface area contributed by atoms with E-state index in [1.165, 1.54) is 23.5 Å². The molecule has 0 aliphatic carbocycles. The molecule has 21 heavy (non-hydrogen) atoms. The smallest absolute Gasteiger partial charge is 0.422 e. The number of aliphatic carboxylic acids is 1. The first kappa shape index (κ1) is 17.4. The number of hydrogen-bond donors (Lipinski definition) is 3. The van der Waals surface area contributed by atoms with Crippen LogP contribution in [-0.4, -0.2) is 28.8 Å². The summed E-state index contributed by atoms with van der Waals surface area (Å²) in [6.45, 7) is 0.328. The number of carboxylic acids is 1. The molecule has 5 nitrogen and oxygen atoms in total. The van der Waals surface area contributed by atoms with E-state index in [0.717, 1.165) is 0 Å². The topological polar surface area (TPSA) is 78.4 Å². The molecular formula is C11H9Cl2F3N2O3. The number of nitrogens with one attached hydrogen (secondary N) is 2. The summed E-state index contributed by atoms with van der Waals surface area (Å²) in [6.07, 6.45) is -5.19. The van der Waals surface area contributed by atoms with E-state index < -0.39 is 23.7 Å². The highest BCUT2D eigenvalue weighted by molar-refractivity contribution is 6.35. The molecule has 0 fully saturated rings. The monoisotopic (exact) mass is 344 g/mol. The maximum Gasteiger partial charge on any atom is 0.422 e. The zero-order chi connectivity index (χ0) is 16.4. The van der Waals surface area contributed by atoms with Gasteiger partial charge in [0.05, 0.1) is 10.7 Å². The minimum Gasteiger partial charge on any atom is -0.479 e. The number of alkyl halides is 3. The molecule has 1 aromatic carbocycles. The number of carboxylic acid groups (broad SMARTS) is 1. The van der Waals surface area contributed by atoms with Gasteiger partial charge < -0.3 is 15.7 Å². The third-order valence-corrected chi connectivity index (χ3v) is 3.10. The van der Waals surface area contributed by atoms with Crippen molar-refractivity contribution in [2.75, 3.05) is 5.32 Å². The lowest BCUT2D eigenvalue weighted by Gasteiger charge is -2.28. The second kappa shape index (κ2) is 5.98. The molecule has 1 atom stereocenters. The van der Waals surface area contributed by atoms with Crippen molar-refractivity contribution < 1.29 is 27.9 Å². The van der Waals surface area contributed by atoms with Crippen LogP contribution < -0.4 is 10.6 Å². The summed E-state index contributed by atoms with van der Waals surface area (Å²) in [6, 6.07) is 2.54. The maximum atomic E-state index is 12.7. The largest absolute Gasteiger partial charge is 0.479 e. The van der Waals surface area contributed by atoms with E-state index in [9.17, 15) is 22.8 Å². The Morgan fingerprint density at radius 1 is 1.24 bits per heavy atom. The molecule has 0 saturated heterocycles. The predicted molar refractivity (Wildman–Crippen MR) is 70.7 cm³/mol. The number of urea groups is 1. The van der Waals surface area contributed by atoms with Gasteiger partial charge in [-0.2, -0.15) is 13.2 Å². The molecule has 0 heterocycles. The first-order valence-corrected chi connectivity index (χ1v) is 6.07. The Balaban J connectivity index is 2.95. The van der Waals surface area contributed by atoms with Crippen LogP contribution in [0.3, 0.4) is 0 Å². The van der Waals surface area contributed by atoms with Crippen LogP contribution in [0.5, 0.6) is 0 Å². The predicted octanol–water partition coefficient (Wildman–Crippen LogP) is 3.52. The van der Waals surface area contributed by atoms with Gasteiger partial charge in [0.25, 0.3) is 0 Å². The molecule has 1 aromatic rings. The van der Waals surface area contributed by atoms with Crippen molar-refractivity contribution in [2.45, 2.75) is 18.6 Å². The Labute approximate surface area is 127 Å². The van der Waals surface area contributed by atoms with Crippen molar-refractivity contribution >= 4 is 40.9 Å². The van der Waals surface area contributed by atoms with Gasteiger partial charge in [-0.25, -0.2) is 9.59 Å². The highest BCUT2D eigenvalue weighted by Crippen LogP contribution is 2.31. The average molecular weight is 345 g/mol. The van der Waals surface area contributed by atoms with Crippen molar-refractivity contribution in [3.63, 3.8) is 0 Å². The van der Waals surface area contributed by atoms with E-state index in [4.69, 9.17) is 28.3 Å². The van der Waals surface area contributed by atoms with Crippen molar-refractivity contribution in [3.05, 3.63) is 28.2 Å². The minimum atomic E-state index is -5.19. The summed E-state index contributed by atoms with van der Waals surface area (Å²) < 4.78 is 38.2. The molecule has 10 heteroatoms. The summed E-state index contributed by atoms with van der Waals surface area (Å²) >= 11 is 11.4. The summed E-state index contributed by atoms with van der Waals surface area (Å²) in [7, 11) is 0. The highest BCUT2D eigenvalue weighted by Gasteiger charge is 2.58. The van der Waals surface area contributed by atoms with Gasteiger partial charge in [0.1, 0.15) is 0 Å². The molecule has 0 spiro atoms. The van der Waals surface area contributed by atoms with Crippen molar-refractivity contribution in [2.24, 2.45) is 0 Å². The quantitative estimate of drug-likeness (QED) is 0.784. The van der Waals surface area contributed by atoms with Gasteiger partial charge in [-0.1, -0.05) is 23.2 Å². The van der Waals surface area contributed by atoms with Gasteiger partial charge in [0, 0.05) is 5.02 Å². The van der Waals surface area contributed by atoms with E-state index in [2.05, 4.69) is 0 Å². The first-order chi connectivity index (χ1) is 9.47. The molecule has 1 rings (SSSR count). The second-order valence-electron chi connectivity index (χ2n) is 4.13. The Morgan fingerprint density at radius 2 is 1.81 bits per heavy atom. The molecule has 3 N–H and O–H groups in total. The molecule has 116 valence electrons. The maximum absolute atomic E-state index is 12.7. The minimum absolute atomic E-state index is 0.0265. The van der Waals surface area contributed by atoms with E-state index >= 15 is 0 Å². The fourth-order valence-corrected chi connectivity index (χ4v) is 1.56. The van der Waals surface area contributed by atoms with E-state index in [1.807, 2.05) is 5.32 Å². The molecular weight excluding hydrogens is 336 g/mol. The van der Waals surface area contributed by atoms with E-state index in [0.29, 0.717) is 6.92 Å². The fraction of sp³-hybridized carbons (Fsp3) is 0.273. The van der Waals surface area contributed by atoms with Crippen LogP contribution in [0.4, 0.5) is 23.7 Å².